The predicted molar refractivity (Wildman–Crippen MR) is 116 cm³/mol. The number of nitrogens with one attached hydrogen (secondary N) is 2. The summed E-state index contributed by atoms with van der Waals surface area (Å²) in [4.78, 5) is 36.9. The molecule has 0 spiro atoms. The maximum atomic E-state index is 12.4. The maximum absolute atomic E-state index is 12.4. The molecule has 1 saturated carbocycles. The summed E-state index contributed by atoms with van der Waals surface area (Å²) in [6.45, 7) is 6.07. The molecule has 0 bridgehead atoms. The van der Waals surface area contributed by atoms with Gasteiger partial charge >= 0.3 is 0 Å². The van der Waals surface area contributed by atoms with Gasteiger partial charge in [0.15, 0.2) is 5.78 Å². The summed E-state index contributed by atoms with van der Waals surface area (Å²) in [5, 5.41) is 5.99. The summed E-state index contributed by atoms with van der Waals surface area (Å²) in [5.74, 6) is -0.0614. The highest BCUT2D eigenvalue weighted by atomic mass is 16.2. The van der Waals surface area contributed by atoms with Crippen molar-refractivity contribution in [3.8, 4) is 0 Å². The molecule has 0 aromatic heterocycles. The molecule has 2 atom stereocenters. The van der Waals surface area contributed by atoms with Gasteiger partial charge in [-0.25, -0.2) is 0 Å². The van der Waals surface area contributed by atoms with Crippen LogP contribution >= 0.6 is 0 Å². The average Bonchev–Trinajstić information content (AvgIpc) is 2.70. The molecule has 0 saturated heterocycles. The quantitative estimate of drug-likeness (QED) is 0.578. The van der Waals surface area contributed by atoms with Crippen LogP contribution in [0.1, 0.15) is 88.1 Å². The number of carbonyl (C=O) groups excluding carboxylic acids is 3. The van der Waals surface area contributed by atoms with E-state index in [0.717, 1.165) is 38.5 Å². The molecule has 2 unspecified atom stereocenters. The second kappa shape index (κ2) is 11.7. The maximum Gasteiger partial charge on any atom is 0.223 e. The minimum Gasteiger partial charge on any atom is -0.354 e. The molecule has 29 heavy (non-hydrogen) atoms. The number of benzene rings is 1. The lowest BCUT2D eigenvalue weighted by molar-refractivity contribution is -0.128. The SMILES string of the molecule is CCCCc1ccc(C(=O)CCC(=O)NC2CCCC(C(=O)NC(C)C)C2)cc1. The van der Waals surface area contributed by atoms with Crippen LogP contribution in [-0.4, -0.2) is 29.7 Å². The molecule has 0 radical (unpaired) electrons. The molecule has 2 N–H and O–H groups in total. The van der Waals surface area contributed by atoms with Crippen molar-refractivity contribution in [1.82, 2.24) is 10.6 Å². The van der Waals surface area contributed by atoms with Gasteiger partial charge in [0.1, 0.15) is 0 Å². The number of hydrogen-bond donors (Lipinski definition) is 2. The van der Waals surface area contributed by atoms with Crippen molar-refractivity contribution < 1.29 is 14.4 Å². The zero-order chi connectivity index (χ0) is 21.2. The van der Waals surface area contributed by atoms with Gasteiger partial charge in [-0.05, 0) is 51.5 Å². The monoisotopic (exact) mass is 400 g/mol. The molecule has 2 rings (SSSR count). The normalized spacial score (nSPS) is 19.0. The number of amides is 2. The van der Waals surface area contributed by atoms with E-state index in [2.05, 4.69) is 17.6 Å². The van der Waals surface area contributed by atoms with Crippen molar-refractivity contribution in [2.45, 2.75) is 90.6 Å². The molecule has 1 aliphatic carbocycles. The van der Waals surface area contributed by atoms with Gasteiger partial charge in [0.05, 0.1) is 0 Å². The van der Waals surface area contributed by atoms with Gasteiger partial charge in [-0.2, -0.15) is 0 Å². The van der Waals surface area contributed by atoms with Crippen LogP contribution in [0.3, 0.4) is 0 Å². The van der Waals surface area contributed by atoms with E-state index in [-0.39, 0.29) is 48.4 Å². The van der Waals surface area contributed by atoms with Crippen molar-refractivity contribution in [3.05, 3.63) is 35.4 Å². The van der Waals surface area contributed by atoms with Crippen molar-refractivity contribution >= 4 is 17.6 Å². The van der Waals surface area contributed by atoms with Crippen molar-refractivity contribution in [2.24, 2.45) is 5.92 Å². The fourth-order valence-electron chi connectivity index (χ4n) is 3.87. The van der Waals surface area contributed by atoms with Gasteiger partial charge in [0.2, 0.25) is 11.8 Å². The molecule has 1 aromatic carbocycles. The first-order valence-corrected chi connectivity index (χ1v) is 11.1. The van der Waals surface area contributed by atoms with Gasteiger partial charge in [-0.3, -0.25) is 14.4 Å². The highest BCUT2D eigenvalue weighted by Crippen LogP contribution is 2.25. The summed E-state index contributed by atoms with van der Waals surface area (Å²) < 4.78 is 0. The Labute approximate surface area is 175 Å². The molecular formula is C24H36N2O3. The van der Waals surface area contributed by atoms with Crippen molar-refractivity contribution in [2.75, 3.05) is 0 Å². The van der Waals surface area contributed by atoms with Crippen LogP contribution in [0.15, 0.2) is 24.3 Å². The average molecular weight is 401 g/mol. The summed E-state index contributed by atoms with van der Waals surface area (Å²) in [6, 6.07) is 7.89. The van der Waals surface area contributed by atoms with E-state index < -0.39 is 0 Å². The molecular weight excluding hydrogens is 364 g/mol. The van der Waals surface area contributed by atoms with Crippen molar-refractivity contribution in [1.29, 1.82) is 0 Å². The van der Waals surface area contributed by atoms with Crippen LogP contribution in [0.25, 0.3) is 0 Å². The van der Waals surface area contributed by atoms with Gasteiger partial charge in [0, 0.05) is 36.4 Å². The number of ketones is 1. The van der Waals surface area contributed by atoms with Gasteiger partial charge in [0.25, 0.3) is 0 Å². The highest BCUT2D eigenvalue weighted by Gasteiger charge is 2.28. The van der Waals surface area contributed by atoms with E-state index in [9.17, 15) is 14.4 Å². The fourth-order valence-corrected chi connectivity index (χ4v) is 3.87. The lowest BCUT2D eigenvalue weighted by Gasteiger charge is -2.29. The van der Waals surface area contributed by atoms with E-state index in [1.165, 1.54) is 5.56 Å². The molecule has 5 heteroatoms. The Kier molecular flexibility index (Phi) is 9.36. The summed E-state index contributed by atoms with van der Waals surface area (Å²) in [7, 11) is 0. The molecule has 1 aliphatic rings. The van der Waals surface area contributed by atoms with E-state index in [4.69, 9.17) is 0 Å². The second-order valence-corrected chi connectivity index (χ2v) is 8.51. The predicted octanol–water partition coefficient (Wildman–Crippen LogP) is 4.19. The third-order valence-corrected chi connectivity index (χ3v) is 5.52. The Morgan fingerprint density at radius 3 is 2.45 bits per heavy atom. The second-order valence-electron chi connectivity index (χ2n) is 8.51. The van der Waals surface area contributed by atoms with Gasteiger partial charge in [-0.15, -0.1) is 0 Å². The topological polar surface area (TPSA) is 75.3 Å². The first kappa shape index (κ1) is 23.1. The minimum absolute atomic E-state index is 0.0000217. The standard InChI is InChI=1S/C24H36N2O3/c1-4-5-7-18-10-12-19(13-11-18)22(27)14-15-23(28)26-21-9-6-8-20(16-21)24(29)25-17(2)3/h10-13,17,20-21H,4-9,14-16H2,1-3H3,(H,25,29)(H,26,28). The van der Waals surface area contributed by atoms with Crippen LogP contribution in [0.5, 0.6) is 0 Å². The largest absolute Gasteiger partial charge is 0.354 e. The Balaban J connectivity index is 1.75. The Morgan fingerprint density at radius 1 is 1.07 bits per heavy atom. The van der Waals surface area contributed by atoms with E-state index in [1.54, 1.807) is 0 Å². The molecule has 2 amide bonds. The smallest absolute Gasteiger partial charge is 0.223 e. The molecule has 0 aliphatic heterocycles. The van der Waals surface area contributed by atoms with E-state index in [1.807, 2.05) is 38.1 Å². The van der Waals surface area contributed by atoms with E-state index >= 15 is 0 Å². The van der Waals surface area contributed by atoms with Crippen LogP contribution in [-0.2, 0) is 16.0 Å². The molecule has 1 fully saturated rings. The lowest BCUT2D eigenvalue weighted by Crippen LogP contribution is -2.43. The van der Waals surface area contributed by atoms with E-state index in [0.29, 0.717) is 12.0 Å². The number of aryl methyl sites for hydroxylation is 1. The number of Topliss-reactive ketones (excluding diaryl/α,β-unsaturated/α-hetero) is 1. The third kappa shape index (κ3) is 8.00. The zero-order valence-corrected chi connectivity index (χ0v) is 18.1. The summed E-state index contributed by atoms with van der Waals surface area (Å²) >= 11 is 0. The third-order valence-electron chi connectivity index (χ3n) is 5.52. The molecule has 0 heterocycles. The minimum atomic E-state index is -0.104. The fraction of sp³-hybridized carbons (Fsp3) is 0.625. The van der Waals surface area contributed by atoms with Crippen LogP contribution in [0, 0.1) is 5.92 Å². The molecule has 1 aromatic rings. The number of carbonyl (C=O) groups is 3. The van der Waals surface area contributed by atoms with Crippen LogP contribution in [0.2, 0.25) is 0 Å². The first-order valence-electron chi connectivity index (χ1n) is 11.1. The zero-order valence-electron chi connectivity index (χ0n) is 18.1. The van der Waals surface area contributed by atoms with Gasteiger partial charge in [-0.1, -0.05) is 44.0 Å². The Morgan fingerprint density at radius 2 is 1.79 bits per heavy atom. The lowest BCUT2D eigenvalue weighted by atomic mass is 9.85. The number of unbranched alkanes of at least 4 members (excludes halogenated alkanes) is 1. The number of hydrogen-bond acceptors (Lipinski definition) is 3. The number of rotatable bonds is 10. The molecule has 160 valence electrons. The van der Waals surface area contributed by atoms with Crippen LogP contribution in [0.4, 0.5) is 0 Å². The molecule has 5 nitrogen and oxygen atoms in total. The van der Waals surface area contributed by atoms with Gasteiger partial charge < -0.3 is 10.6 Å². The summed E-state index contributed by atoms with van der Waals surface area (Å²) in [6.07, 6.45) is 7.11. The Bertz CT molecular complexity index is 682. The summed E-state index contributed by atoms with van der Waals surface area (Å²) in [5.41, 5.74) is 1.91. The Hall–Kier alpha value is -2.17. The highest BCUT2D eigenvalue weighted by molar-refractivity contribution is 5.98. The first-order chi connectivity index (χ1) is 13.9. The van der Waals surface area contributed by atoms with Crippen molar-refractivity contribution in [3.63, 3.8) is 0 Å². The van der Waals surface area contributed by atoms with Crippen LogP contribution < -0.4 is 10.6 Å².